The van der Waals surface area contributed by atoms with Gasteiger partial charge in [0.2, 0.25) is 5.88 Å². The quantitative estimate of drug-likeness (QED) is 0.785. The van der Waals surface area contributed by atoms with E-state index in [1.807, 2.05) is 12.1 Å². The van der Waals surface area contributed by atoms with Gasteiger partial charge in [-0.1, -0.05) is 13.8 Å². The molecule has 2 rings (SSSR count). The fraction of sp³-hybridized carbons (Fsp3) is 0.571. The van der Waals surface area contributed by atoms with Gasteiger partial charge in [0.25, 0.3) is 0 Å². The van der Waals surface area contributed by atoms with Crippen LogP contribution in [0.3, 0.4) is 0 Å². The molecule has 1 aliphatic rings. The molecule has 0 radical (unpaired) electrons. The number of hydrogen-bond donors (Lipinski definition) is 0. The summed E-state index contributed by atoms with van der Waals surface area (Å²) in [5, 5.41) is 0. The van der Waals surface area contributed by atoms with E-state index in [-0.39, 0.29) is 0 Å². The van der Waals surface area contributed by atoms with E-state index in [0.717, 1.165) is 30.7 Å². The highest BCUT2D eigenvalue weighted by atomic mass is 16.5. The van der Waals surface area contributed by atoms with E-state index in [2.05, 4.69) is 18.8 Å². The zero-order chi connectivity index (χ0) is 12.3. The van der Waals surface area contributed by atoms with Gasteiger partial charge in [0.15, 0.2) is 0 Å². The average Bonchev–Trinajstić information content (AvgIpc) is 2.50. The Balaban J connectivity index is 2.25. The summed E-state index contributed by atoms with van der Waals surface area (Å²) < 4.78 is 5.30. The Kier molecular flexibility index (Phi) is 3.46. The minimum Gasteiger partial charge on any atom is -0.481 e. The Labute approximate surface area is 103 Å². The monoisotopic (exact) mass is 232 g/mol. The normalized spacial score (nSPS) is 19.4. The highest BCUT2D eigenvalue weighted by Gasteiger charge is 2.22. The lowest BCUT2D eigenvalue weighted by Crippen LogP contribution is -2.11. The first-order valence-electron chi connectivity index (χ1n) is 6.15. The van der Waals surface area contributed by atoms with Crippen molar-refractivity contribution in [3.63, 3.8) is 0 Å². The van der Waals surface area contributed by atoms with Crippen molar-refractivity contribution >= 4 is 5.71 Å². The lowest BCUT2D eigenvalue weighted by Gasteiger charge is -2.21. The second kappa shape index (κ2) is 4.86. The molecule has 1 aliphatic heterocycles. The van der Waals surface area contributed by atoms with Crippen molar-refractivity contribution in [3.05, 3.63) is 23.9 Å². The van der Waals surface area contributed by atoms with Crippen molar-refractivity contribution in [2.45, 2.75) is 33.1 Å². The number of rotatable bonds is 2. The van der Waals surface area contributed by atoms with Crippen LogP contribution in [0.2, 0.25) is 0 Å². The van der Waals surface area contributed by atoms with E-state index in [1.165, 1.54) is 6.42 Å². The van der Waals surface area contributed by atoms with E-state index in [0.29, 0.717) is 11.3 Å². The van der Waals surface area contributed by atoms with Gasteiger partial charge >= 0.3 is 0 Å². The summed E-state index contributed by atoms with van der Waals surface area (Å²) in [5.74, 6) is 0.686. The third-order valence-corrected chi connectivity index (χ3v) is 3.41. The molecule has 0 saturated carbocycles. The standard InChI is InChI=1S/C14H20N2O/c1-14(2)7-6-12(15-10-8-14)11-5-4-9-16-13(11)17-3/h4-5,9H,6-8,10H2,1-3H3. The Morgan fingerprint density at radius 3 is 2.88 bits per heavy atom. The molecular weight excluding hydrogens is 212 g/mol. The van der Waals surface area contributed by atoms with E-state index >= 15 is 0 Å². The van der Waals surface area contributed by atoms with Gasteiger partial charge in [-0.3, -0.25) is 4.99 Å². The van der Waals surface area contributed by atoms with Crippen molar-refractivity contribution in [2.24, 2.45) is 10.4 Å². The van der Waals surface area contributed by atoms with Crippen LogP contribution in [-0.2, 0) is 0 Å². The Morgan fingerprint density at radius 1 is 1.29 bits per heavy atom. The summed E-state index contributed by atoms with van der Waals surface area (Å²) in [6.07, 6.45) is 5.08. The number of ether oxygens (including phenoxy) is 1. The van der Waals surface area contributed by atoms with Crippen LogP contribution in [0, 0.1) is 5.41 Å². The molecule has 0 atom stereocenters. The summed E-state index contributed by atoms with van der Waals surface area (Å²) in [5.41, 5.74) is 2.58. The maximum absolute atomic E-state index is 5.30. The molecule has 0 aromatic carbocycles. The first-order valence-corrected chi connectivity index (χ1v) is 6.15. The molecule has 2 heterocycles. The van der Waals surface area contributed by atoms with Crippen LogP contribution >= 0.6 is 0 Å². The zero-order valence-corrected chi connectivity index (χ0v) is 10.9. The van der Waals surface area contributed by atoms with Gasteiger partial charge in [-0.2, -0.15) is 0 Å². The van der Waals surface area contributed by atoms with Gasteiger partial charge in [-0.15, -0.1) is 0 Å². The van der Waals surface area contributed by atoms with Gasteiger partial charge in [0.05, 0.1) is 12.7 Å². The van der Waals surface area contributed by atoms with E-state index < -0.39 is 0 Å². The number of pyridine rings is 1. The first-order chi connectivity index (χ1) is 8.12. The molecule has 0 bridgehead atoms. The van der Waals surface area contributed by atoms with Crippen molar-refractivity contribution in [1.29, 1.82) is 0 Å². The molecular formula is C14H20N2O. The molecule has 92 valence electrons. The second-order valence-corrected chi connectivity index (χ2v) is 5.30. The van der Waals surface area contributed by atoms with E-state index in [9.17, 15) is 0 Å². The summed E-state index contributed by atoms with van der Waals surface area (Å²) in [6.45, 7) is 5.53. The van der Waals surface area contributed by atoms with Crippen molar-refractivity contribution in [3.8, 4) is 5.88 Å². The molecule has 3 heteroatoms. The van der Waals surface area contributed by atoms with Crippen LogP contribution in [0.5, 0.6) is 5.88 Å². The number of nitrogens with zero attached hydrogens (tertiary/aromatic N) is 2. The summed E-state index contributed by atoms with van der Waals surface area (Å²) in [7, 11) is 1.66. The fourth-order valence-electron chi connectivity index (χ4n) is 2.15. The van der Waals surface area contributed by atoms with Crippen LogP contribution in [0.15, 0.2) is 23.3 Å². The maximum Gasteiger partial charge on any atom is 0.222 e. The number of methoxy groups -OCH3 is 1. The van der Waals surface area contributed by atoms with Crippen LogP contribution in [0.1, 0.15) is 38.7 Å². The first kappa shape index (κ1) is 12.1. The van der Waals surface area contributed by atoms with Crippen LogP contribution in [-0.4, -0.2) is 24.4 Å². The summed E-state index contributed by atoms with van der Waals surface area (Å²) >= 11 is 0. The van der Waals surface area contributed by atoms with Crippen LogP contribution in [0.4, 0.5) is 0 Å². The van der Waals surface area contributed by atoms with Crippen LogP contribution in [0.25, 0.3) is 0 Å². The molecule has 0 saturated heterocycles. The van der Waals surface area contributed by atoms with Gasteiger partial charge in [-0.25, -0.2) is 4.98 Å². The fourth-order valence-corrected chi connectivity index (χ4v) is 2.15. The van der Waals surface area contributed by atoms with Gasteiger partial charge in [0.1, 0.15) is 0 Å². The third-order valence-electron chi connectivity index (χ3n) is 3.41. The predicted molar refractivity (Wildman–Crippen MR) is 69.8 cm³/mol. The SMILES string of the molecule is COc1ncccc1C1=NCCC(C)(C)CC1. The van der Waals surface area contributed by atoms with Gasteiger partial charge in [0, 0.05) is 18.5 Å². The van der Waals surface area contributed by atoms with Crippen molar-refractivity contribution < 1.29 is 4.74 Å². The smallest absolute Gasteiger partial charge is 0.222 e. The molecule has 0 spiro atoms. The van der Waals surface area contributed by atoms with Crippen molar-refractivity contribution in [2.75, 3.05) is 13.7 Å². The number of hydrogen-bond acceptors (Lipinski definition) is 3. The molecule has 3 nitrogen and oxygen atoms in total. The van der Waals surface area contributed by atoms with Crippen molar-refractivity contribution in [1.82, 2.24) is 4.98 Å². The van der Waals surface area contributed by atoms with Crippen LogP contribution < -0.4 is 4.74 Å². The number of aliphatic imine (C=N–C) groups is 1. The second-order valence-electron chi connectivity index (χ2n) is 5.30. The Hall–Kier alpha value is -1.38. The topological polar surface area (TPSA) is 34.5 Å². The average molecular weight is 232 g/mol. The molecule has 0 N–H and O–H groups in total. The molecule has 0 amide bonds. The summed E-state index contributed by atoms with van der Waals surface area (Å²) in [6, 6.07) is 3.99. The lowest BCUT2D eigenvalue weighted by molar-refractivity contribution is 0.326. The Bertz CT molecular complexity index is 424. The molecule has 0 aliphatic carbocycles. The summed E-state index contributed by atoms with van der Waals surface area (Å²) in [4.78, 5) is 8.93. The Morgan fingerprint density at radius 2 is 2.12 bits per heavy atom. The lowest BCUT2D eigenvalue weighted by atomic mass is 9.84. The van der Waals surface area contributed by atoms with Gasteiger partial charge < -0.3 is 4.74 Å². The third kappa shape index (κ3) is 2.84. The molecule has 17 heavy (non-hydrogen) atoms. The zero-order valence-electron chi connectivity index (χ0n) is 10.9. The predicted octanol–water partition coefficient (Wildman–Crippen LogP) is 3.09. The molecule has 1 aromatic rings. The minimum absolute atomic E-state index is 0.390. The highest BCUT2D eigenvalue weighted by Crippen LogP contribution is 2.31. The minimum atomic E-state index is 0.390. The van der Waals surface area contributed by atoms with Gasteiger partial charge in [-0.05, 0) is 36.8 Å². The molecule has 1 aromatic heterocycles. The highest BCUT2D eigenvalue weighted by molar-refractivity contribution is 6.02. The van der Waals surface area contributed by atoms with E-state index in [1.54, 1.807) is 13.3 Å². The molecule has 0 fully saturated rings. The number of aromatic nitrogens is 1. The van der Waals surface area contributed by atoms with E-state index in [4.69, 9.17) is 9.73 Å². The maximum atomic E-state index is 5.30. The molecule has 0 unspecified atom stereocenters. The largest absolute Gasteiger partial charge is 0.481 e.